The fourth-order valence-electron chi connectivity index (χ4n) is 3.72. The van der Waals surface area contributed by atoms with Crippen molar-refractivity contribution in [1.29, 1.82) is 0 Å². The Kier molecular flexibility index (Phi) is 6.04. The van der Waals surface area contributed by atoms with Crippen LogP contribution in [-0.2, 0) is 33.6 Å². The summed E-state index contributed by atoms with van der Waals surface area (Å²) in [6, 6.07) is 8.33. The molecule has 1 aromatic carbocycles. The summed E-state index contributed by atoms with van der Waals surface area (Å²) in [5.41, 5.74) is 4.22. The van der Waals surface area contributed by atoms with Gasteiger partial charge in [-0.05, 0) is 30.4 Å². The Morgan fingerprint density at radius 2 is 2.21 bits per heavy atom. The van der Waals surface area contributed by atoms with Crippen LogP contribution < -0.4 is 10.4 Å². The van der Waals surface area contributed by atoms with E-state index < -0.39 is 0 Å². The molecule has 2 aliphatic heterocycles. The van der Waals surface area contributed by atoms with Gasteiger partial charge in [0.25, 0.3) is 0 Å². The van der Waals surface area contributed by atoms with Crippen molar-refractivity contribution in [1.82, 2.24) is 9.55 Å². The number of ether oxygens (including phenoxy) is 4. The highest BCUT2D eigenvalue weighted by Gasteiger charge is 2.21. The molecular weight excluding hydrogens is 360 g/mol. The average molecular weight is 386 g/mol. The fourth-order valence-corrected chi connectivity index (χ4v) is 3.72. The van der Waals surface area contributed by atoms with E-state index in [1.807, 2.05) is 6.07 Å². The summed E-state index contributed by atoms with van der Waals surface area (Å²) >= 11 is 0. The third-order valence-corrected chi connectivity index (χ3v) is 5.15. The van der Waals surface area contributed by atoms with E-state index in [0.717, 1.165) is 37.1 Å². The number of aryl methyl sites for hydroxylation is 2. The zero-order valence-corrected chi connectivity index (χ0v) is 16.2. The molecule has 0 spiro atoms. The van der Waals surface area contributed by atoms with Crippen LogP contribution in [0.3, 0.4) is 0 Å². The van der Waals surface area contributed by atoms with Gasteiger partial charge in [0.2, 0.25) is 5.88 Å². The number of hydrogen-bond donors (Lipinski definition) is 0. The van der Waals surface area contributed by atoms with Gasteiger partial charge in [0, 0.05) is 31.9 Å². The van der Waals surface area contributed by atoms with E-state index in [0.29, 0.717) is 38.9 Å². The van der Waals surface area contributed by atoms with Gasteiger partial charge in [-0.3, -0.25) is 4.57 Å². The molecule has 1 atom stereocenters. The highest BCUT2D eigenvalue weighted by molar-refractivity contribution is 5.67. The summed E-state index contributed by atoms with van der Waals surface area (Å²) in [5.74, 6) is 0.336. The predicted molar refractivity (Wildman–Crippen MR) is 104 cm³/mol. The van der Waals surface area contributed by atoms with E-state index in [1.165, 1.54) is 11.1 Å². The van der Waals surface area contributed by atoms with Crippen molar-refractivity contribution in [3.63, 3.8) is 0 Å². The van der Waals surface area contributed by atoms with Crippen LogP contribution in [0.5, 0.6) is 5.88 Å². The molecule has 0 bridgehead atoms. The second-order valence-electron chi connectivity index (χ2n) is 7.13. The molecule has 7 nitrogen and oxygen atoms in total. The van der Waals surface area contributed by atoms with Crippen LogP contribution >= 0.6 is 0 Å². The third-order valence-electron chi connectivity index (χ3n) is 5.15. The molecule has 28 heavy (non-hydrogen) atoms. The number of hydrogen-bond acceptors (Lipinski definition) is 6. The smallest absolute Gasteiger partial charge is 0.351 e. The molecule has 0 amide bonds. The summed E-state index contributed by atoms with van der Waals surface area (Å²) in [4.78, 5) is 16.6. The Hall–Kier alpha value is -2.22. The zero-order valence-electron chi connectivity index (χ0n) is 16.2. The topological polar surface area (TPSA) is 71.8 Å². The van der Waals surface area contributed by atoms with Gasteiger partial charge >= 0.3 is 5.69 Å². The molecule has 3 heterocycles. The first-order valence-electron chi connectivity index (χ1n) is 9.80. The highest BCUT2D eigenvalue weighted by atomic mass is 16.6. The van der Waals surface area contributed by atoms with E-state index >= 15 is 0 Å². The summed E-state index contributed by atoms with van der Waals surface area (Å²) in [5, 5.41) is 0. The minimum Gasteiger partial charge on any atom is -0.475 e. The Balaban J connectivity index is 1.54. The molecule has 1 saturated heterocycles. The number of aromatic nitrogens is 2. The van der Waals surface area contributed by atoms with Crippen LogP contribution in [0.15, 0.2) is 29.1 Å². The molecule has 0 N–H and O–H groups in total. The maximum Gasteiger partial charge on any atom is 0.351 e. The Bertz CT molecular complexity index is 874. The van der Waals surface area contributed by atoms with Gasteiger partial charge in [0.15, 0.2) is 0 Å². The molecule has 1 aromatic heterocycles. The van der Waals surface area contributed by atoms with Crippen molar-refractivity contribution in [2.45, 2.75) is 31.9 Å². The van der Waals surface area contributed by atoms with E-state index in [4.69, 9.17) is 18.9 Å². The Labute approximate surface area is 164 Å². The second-order valence-corrected chi connectivity index (χ2v) is 7.13. The molecule has 2 aliphatic rings. The van der Waals surface area contributed by atoms with Crippen molar-refractivity contribution < 1.29 is 18.9 Å². The van der Waals surface area contributed by atoms with Crippen molar-refractivity contribution in [3.8, 4) is 17.1 Å². The lowest BCUT2D eigenvalue weighted by Gasteiger charge is -2.24. The molecule has 1 fully saturated rings. The quantitative estimate of drug-likeness (QED) is 0.676. The first kappa shape index (κ1) is 19.1. The van der Waals surface area contributed by atoms with Crippen LogP contribution in [0.4, 0.5) is 0 Å². The predicted octanol–water partition coefficient (Wildman–Crippen LogP) is 1.84. The lowest BCUT2D eigenvalue weighted by Crippen LogP contribution is -2.34. The molecule has 150 valence electrons. The largest absolute Gasteiger partial charge is 0.475 e. The third kappa shape index (κ3) is 4.27. The maximum absolute atomic E-state index is 12.5. The molecule has 0 aliphatic carbocycles. The summed E-state index contributed by atoms with van der Waals surface area (Å²) < 4.78 is 23.6. The zero-order chi connectivity index (χ0) is 19.3. The molecule has 0 unspecified atom stereocenters. The standard InChI is InChI=1S/C21H26N2O5/c1-25-8-2-3-15-4-5-18-16(11-15)6-7-23-19(18)12-20(22-21(23)24)28-14-17-13-26-9-10-27-17/h4-5,11-12,17H,2-3,6-10,13-14H2,1H3/t17-/m1/s1. The minimum absolute atomic E-state index is 0.128. The Morgan fingerprint density at radius 1 is 1.29 bits per heavy atom. The van der Waals surface area contributed by atoms with Gasteiger partial charge in [-0.2, -0.15) is 4.98 Å². The molecule has 2 aromatic rings. The number of nitrogens with zero attached hydrogens (tertiary/aromatic N) is 2. The summed E-state index contributed by atoms with van der Waals surface area (Å²) in [7, 11) is 1.72. The van der Waals surface area contributed by atoms with Gasteiger partial charge < -0.3 is 18.9 Å². The lowest BCUT2D eigenvalue weighted by molar-refractivity contribution is -0.102. The first-order chi connectivity index (χ1) is 13.7. The monoisotopic (exact) mass is 386 g/mol. The first-order valence-corrected chi connectivity index (χ1v) is 9.80. The maximum atomic E-state index is 12.5. The average Bonchev–Trinajstić information content (AvgIpc) is 2.73. The van der Waals surface area contributed by atoms with E-state index in [1.54, 1.807) is 11.7 Å². The van der Waals surface area contributed by atoms with Crippen molar-refractivity contribution in [3.05, 3.63) is 45.9 Å². The van der Waals surface area contributed by atoms with E-state index in [2.05, 4.69) is 23.2 Å². The van der Waals surface area contributed by atoms with Gasteiger partial charge in [-0.25, -0.2) is 4.79 Å². The SMILES string of the molecule is COCCCc1ccc2c(c1)CCn1c-2cc(OC[C@H]2COCCO2)nc1=O. The molecule has 7 heteroatoms. The molecule has 0 radical (unpaired) electrons. The highest BCUT2D eigenvalue weighted by Crippen LogP contribution is 2.30. The molecular formula is C21H26N2O5. The number of fused-ring (bicyclic) bond motifs is 3. The van der Waals surface area contributed by atoms with E-state index in [-0.39, 0.29) is 11.8 Å². The fraction of sp³-hybridized carbons (Fsp3) is 0.524. The van der Waals surface area contributed by atoms with Crippen LogP contribution in [0.2, 0.25) is 0 Å². The van der Waals surface area contributed by atoms with E-state index in [9.17, 15) is 4.79 Å². The van der Waals surface area contributed by atoms with Crippen LogP contribution in [-0.4, -0.2) is 55.8 Å². The molecule has 4 rings (SSSR count). The normalized spacial score (nSPS) is 18.4. The minimum atomic E-state index is -0.275. The van der Waals surface area contributed by atoms with Crippen molar-refractivity contribution in [2.24, 2.45) is 0 Å². The number of benzene rings is 1. The van der Waals surface area contributed by atoms with Gasteiger partial charge in [-0.1, -0.05) is 18.2 Å². The van der Waals surface area contributed by atoms with Gasteiger partial charge in [0.1, 0.15) is 12.7 Å². The number of methoxy groups -OCH3 is 1. The van der Waals surface area contributed by atoms with Crippen LogP contribution in [0, 0.1) is 0 Å². The molecule has 0 saturated carbocycles. The van der Waals surface area contributed by atoms with Crippen LogP contribution in [0.25, 0.3) is 11.3 Å². The van der Waals surface area contributed by atoms with Crippen molar-refractivity contribution >= 4 is 0 Å². The number of rotatable bonds is 7. The second kappa shape index (κ2) is 8.86. The van der Waals surface area contributed by atoms with Crippen LogP contribution in [0.1, 0.15) is 17.5 Å². The lowest BCUT2D eigenvalue weighted by atomic mass is 9.94. The van der Waals surface area contributed by atoms with Crippen molar-refractivity contribution in [2.75, 3.05) is 40.1 Å². The Morgan fingerprint density at radius 3 is 3.04 bits per heavy atom. The summed E-state index contributed by atoms with van der Waals surface area (Å²) in [6.45, 7) is 3.39. The van der Waals surface area contributed by atoms with Gasteiger partial charge in [-0.15, -0.1) is 0 Å². The van der Waals surface area contributed by atoms with Gasteiger partial charge in [0.05, 0.1) is 25.5 Å². The summed E-state index contributed by atoms with van der Waals surface area (Å²) in [6.07, 6.45) is 2.69.